The molecule has 120 valence electrons. The number of para-hydroxylation sites is 2. The molecule has 24 heavy (non-hydrogen) atoms. The molecule has 4 aromatic rings. The van der Waals surface area contributed by atoms with Crippen molar-refractivity contribution in [3.63, 3.8) is 0 Å². The maximum absolute atomic E-state index is 4.84. The van der Waals surface area contributed by atoms with E-state index in [1.807, 2.05) is 6.07 Å². The van der Waals surface area contributed by atoms with Crippen LogP contribution in [0.4, 0.5) is 0 Å². The van der Waals surface area contributed by atoms with Crippen molar-refractivity contribution in [3.05, 3.63) is 72.9 Å². The summed E-state index contributed by atoms with van der Waals surface area (Å²) in [6.45, 7) is 3.23. The minimum Gasteiger partial charge on any atom is -1.00 e. The molecule has 4 rings (SSSR count). The van der Waals surface area contributed by atoms with E-state index < -0.39 is 0 Å². The highest BCUT2D eigenvalue weighted by Gasteiger charge is 2.12. The van der Waals surface area contributed by atoms with Crippen molar-refractivity contribution in [2.24, 2.45) is 0 Å². The van der Waals surface area contributed by atoms with Crippen molar-refractivity contribution in [1.82, 2.24) is 4.98 Å². The topological polar surface area (TPSA) is 16.8 Å². The Morgan fingerprint density at radius 2 is 1.62 bits per heavy atom. The number of halogens is 1. The van der Waals surface area contributed by atoms with Gasteiger partial charge in [-0.2, -0.15) is 4.57 Å². The van der Waals surface area contributed by atoms with Crippen LogP contribution >= 0.6 is 0 Å². The molecule has 0 saturated carbocycles. The SMILES string of the molecule is CCC[n+]1cc(-c2ccc3ccccc3n2)cc2ccccc21.[Br-]. The summed E-state index contributed by atoms with van der Waals surface area (Å²) < 4.78 is 2.33. The van der Waals surface area contributed by atoms with Crippen LogP contribution < -0.4 is 21.5 Å². The first-order valence-electron chi connectivity index (χ1n) is 8.13. The summed E-state index contributed by atoms with van der Waals surface area (Å²) in [4.78, 5) is 4.84. The van der Waals surface area contributed by atoms with Crippen molar-refractivity contribution in [1.29, 1.82) is 0 Å². The Bertz CT molecular complexity index is 995. The van der Waals surface area contributed by atoms with Crippen molar-refractivity contribution in [2.45, 2.75) is 19.9 Å². The lowest BCUT2D eigenvalue weighted by Gasteiger charge is -2.06. The van der Waals surface area contributed by atoms with Crippen LogP contribution in [0.2, 0.25) is 0 Å². The fourth-order valence-electron chi connectivity index (χ4n) is 3.11. The number of aromatic nitrogens is 2. The molecule has 0 N–H and O–H groups in total. The third-order valence-corrected chi connectivity index (χ3v) is 4.21. The maximum Gasteiger partial charge on any atom is 0.212 e. The van der Waals surface area contributed by atoms with Crippen molar-refractivity contribution < 1.29 is 21.5 Å². The van der Waals surface area contributed by atoms with Gasteiger partial charge in [-0.1, -0.05) is 43.3 Å². The molecule has 0 aliphatic rings. The first-order chi connectivity index (χ1) is 11.3. The van der Waals surface area contributed by atoms with Crippen molar-refractivity contribution in [3.8, 4) is 11.3 Å². The summed E-state index contributed by atoms with van der Waals surface area (Å²) in [5, 5.41) is 2.44. The monoisotopic (exact) mass is 378 g/mol. The van der Waals surface area contributed by atoms with Gasteiger partial charge in [0, 0.05) is 23.3 Å². The molecule has 0 aliphatic carbocycles. The third kappa shape index (κ3) is 3.04. The van der Waals surface area contributed by atoms with E-state index in [1.165, 1.54) is 21.9 Å². The minimum atomic E-state index is 0. The molecule has 0 bridgehead atoms. The van der Waals surface area contributed by atoms with Crippen molar-refractivity contribution >= 4 is 21.8 Å². The van der Waals surface area contributed by atoms with Crippen LogP contribution in [0.1, 0.15) is 13.3 Å². The smallest absolute Gasteiger partial charge is 0.212 e. The molecular weight excluding hydrogens is 360 g/mol. The zero-order valence-electron chi connectivity index (χ0n) is 13.6. The normalized spacial score (nSPS) is 10.7. The number of pyridine rings is 2. The number of hydrogen-bond donors (Lipinski definition) is 0. The van der Waals surface area contributed by atoms with Gasteiger partial charge in [0.15, 0.2) is 6.20 Å². The Morgan fingerprint density at radius 3 is 2.46 bits per heavy atom. The van der Waals surface area contributed by atoms with E-state index in [1.54, 1.807) is 0 Å². The fourth-order valence-corrected chi connectivity index (χ4v) is 3.11. The van der Waals surface area contributed by atoms with Crippen LogP contribution in [0.3, 0.4) is 0 Å². The first kappa shape index (κ1) is 16.6. The summed E-state index contributed by atoms with van der Waals surface area (Å²) >= 11 is 0. The van der Waals surface area contributed by atoms with E-state index in [4.69, 9.17) is 4.98 Å². The number of fused-ring (bicyclic) bond motifs is 2. The second-order valence-electron chi connectivity index (χ2n) is 5.87. The molecule has 0 amide bonds. The van der Waals surface area contributed by atoms with Gasteiger partial charge in [-0.3, -0.25) is 0 Å². The Kier molecular flexibility index (Phi) is 4.91. The molecule has 0 aliphatic heterocycles. The molecule has 0 saturated heterocycles. The summed E-state index contributed by atoms with van der Waals surface area (Å²) in [6.07, 6.45) is 3.34. The van der Waals surface area contributed by atoms with E-state index in [2.05, 4.69) is 78.4 Å². The van der Waals surface area contributed by atoms with E-state index >= 15 is 0 Å². The highest BCUT2D eigenvalue weighted by Crippen LogP contribution is 2.23. The predicted molar refractivity (Wildman–Crippen MR) is 95.2 cm³/mol. The quantitative estimate of drug-likeness (QED) is 0.496. The van der Waals surface area contributed by atoms with Gasteiger partial charge in [0.05, 0.1) is 16.8 Å². The lowest BCUT2D eigenvalue weighted by atomic mass is 10.1. The first-order valence-corrected chi connectivity index (χ1v) is 8.13. The van der Waals surface area contributed by atoms with E-state index in [-0.39, 0.29) is 17.0 Å². The Balaban J connectivity index is 0.00000169. The summed E-state index contributed by atoms with van der Waals surface area (Å²) in [5.74, 6) is 0. The molecule has 2 heterocycles. The molecule has 3 heteroatoms. The zero-order valence-corrected chi connectivity index (χ0v) is 15.2. The average molecular weight is 379 g/mol. The average Bonchev–Trinajstić information content (AvgIpc) is 2.61. The Hall–Kier alpha value is -2.26. The Morgan fingerprint density at radius 1 is 0.875 bits per heavy atom. The van der Waals surface area contributed by atoms with Gasteiger partial charge in [-0.25, -0.2) is 4.98 Å². The third-order valence-electron chi connectivity index (χ3n) is 4.21. The molecule has 2 aromatic carbocycles. The number of rotatable bonds is 3. The summed E-state index contributed by atoms with van der Waals surface area (Å²) in [5.41, 5.74) is 4.52. The van der Waals surface area contributed by atoms with Crippen LogP contribution in [0.25, 0.3) is 33.1 Å². The van der Waals surface area contributed by atoms with E-state index in [0.717, 1.165) is 24.2 Å². The lowest BCUT2D eigenvalue weighted by molar-refractivity contribution is -0.670. The Labute approximate surface area is 152 Å². The maximum atomic E-state index is 4.84. The fraction of sp³-hybridized carbons (Fsp3) is 0.143. The summed E-state index contributed by atoms with van der Waals surface area (Å²) in [6, 6.07) is 23.3. The molecule has 2 aromatic heterocycles. The molecule has 0 spiro atoms. The van der Waals surface area contributed by atoms with Crippen LogP contribution in [0.5, 0.6) is 0 Å². The van der Waals surface area contributed by atoms with Gasteiger partial charge in [-0.05, 0) is 24.3 Å². The van der Waals surface area contributed by atoms with Crippen LogP contribution in [0, 0.1) is 0 Å². The second kappa shape index (κ2) is 7.10. The van der Waals surface area contributed by atoms with Gasteiger partial charge >= 0.3 is 0 Å². The van der Waals surface area contributed by atoms with Gasteiger partial charge in [0.1, 0.15) is 6.54 Å². The lowest BCUT2D eigenvalue weighted by Crippen LogP contribution is -3.00. The molecule has 0 unspecified atom stereocenters. The number of hydrogen-bond acceptors (Lipinski definition) is 1. The molecule has 0 atom stereocenters. The van der Waals surface area contributed by atoms with Crippen LogP contribution in [-0.4, -0.2) is 4.98 Å². The van der Waals surface area contributed by atoms with Gasteiger partial charge < -0.3 is 17.0 Å². The van der Waals surface area contributed by atoms with Crippen LogP contribution in [0.15, 0.2) is 72.9 Å². The molecule has 0 radical (unpaired) electrons. The standard InChI is InChI=1S/C21H19N2.BrH/c1-2-13-23-15-18(14-17-8-4-6-10-21(17)23)20-12-11-16-7-3-5-9-19(16)22-20;/h3-12,14-15H,2,13H2,1H3;1H/q+1;/p-1. The highest BCUT2D eigenvalue weighted by atomic mass is 79.9. The minimum absolute atomic E-state index is 0. The van der Waals surface area contributed by atoms with E-state index in [9.17, 15) is 0 Å². The van der Waals surface area contributed by atoms with E-state index in [0.29, 0.717) is 0 Å². The highest BCUT2D eigenvalue weighted by molar-refractivity contribution is 5.84. The van der Waals surface area contributed by atoms with Crippen LogP contribution in [-0.2, 0) is 6.54 Å². The number of benzene rings is 2. The van der Waals surface area contributed by atoms with Gasteiger partial charge in [0.2, 0.25) is 5.52 Å². The summed E-state index contributed by atoms with van der Waals surface area (Å²) in [7, 11) is 0. The largest absolute Gasteiger partial charge is 1.00 e. The van der Waals surface area contributed by atoms with Gasteiger partial charge in [-0.15, -0.1) is 0 Å². The zero-order chi connectivity index (χ0) is 15.6. The second-order valence-corrected chi connectivity index (χ2v) is 5.87. The predicted octanol–water partition coefficient (Wildman–Crippen LogP) is 1.76. The van der Waals surface area contributed by atoms with Crippen molar-refractivity contribution in [2.75, 3.05) is 0 Å². The number of nitrogens with zero attached hydrogens (tertiary/aromatic N) is 2. The molecule has 2 nitrogen and oxygen atoms in total. The molecular formula is C21H19BrN2. The van der Waals surface area contributed by atoms with Gasteiger partial charge in [0.25, 0.3) is 0 Å². The number of aryl methyl sites for hydroxylation is 1. The molecule has 0 fully saturated rings.